The number of aromatic nitrogens is 2. The molecule has 0 saturated heterocycles. The second-order valence-electron chi connectivity index (χ2n) is 8.39. The molecule has 0 spiro atoms. The van der Waals surface area contributed by atoms with Crippen molar-refractivity contribution in [1.82, 2.24) is 8.80 Å². The van der Waals surface area contributed by atoms with E-state index in [1.165, 1.54) is 23.5 Å². The Morgan fingerprint density at radius 2 is 1.18 bits per heavy atom. The number of hydrogen-bond acceptors (Lipinski definition) is 8. The lowest BCUT2D eigenvalue weighted by atomic mass is 10.2. The number of fused-ring (bicyclic) bond motifs is 2. The van der Waals surface area contributed by atoms with Gasteiger partial charge in [-0.1, -0.05) is 0 Å². The average molecular weight is 547 g/mol. The standard InChI is InChI=1S/C28H26N4O4S2/c1-5-35-27(33)23-25(19(15-29)21-13-17(3)7-9-31(21)23)37-11-12-38-26-20(16-30)22-14-18(4)8-10-32(22)24(26)28(34)36-6-2/h7-10,13-14H,5-6,11-12H2,1-4H3. The van der Waals surface area contributed by atoms with Gasteiger partial charge in [0, 0.05) is 23.9 Å². The van der Waals surface area contributed by atoms with E-state index in [0.29, 0.717) is 54.8 Å². The summed E-state index contributed by atoms with van der Waals surface area (Å²) < 4.78 is 14.0. The Morgan fingerprint density at radius 1 is 0.789 bits per heavy atom. The van der Waals surface area contributed by atoms with Gasteiger partial charge in [-0.15, -0.1) is 23.5 Å². The molecule has 8 nitrogen and oxygen atoms in total. The van der Waals surface area contributed by atoms with E-state index >= 15 is 0 Å². The van der Waals surface area contributed by atoms with Crippen molar-refractivity contribution in [1.29, 1.82) is 10.5 Å². The zero-order valence-corrected chi connectivity index (χ0v) is 23.2. The van der Waals surface area contributed by atoms with Crippen LogP contribution >= 0.6 is 23.5 Å². The number of aryl methyl sites for hydroxylation is 2. The number of ether oxygens (including phenoxy) is 2. The number of carbonyl (C=O) groups excluding carboxylic acids is 2. The number of nitrogens with zero attached hydrogens (tertiary/aromatic N) is 4. The molecule has 0 aliphatic carbocycles. The smallest absolute Gasteiger partial charge is 0.356 e. The van der Waals surface area contributed by atoms with Gasteiger partial charge in [-0.2, -0.15) is 10.5 Å². The molecule has 0 atom stereocenters. The van der Waals surface area contributed by atoms with Gasteiger partial charge in [0.2, 0.25) is 0 Å². The van der Waals surface area contributed by atoms with Crippen LogP contribution in [0.2, 0.25) is 0 Å². The van der Waals surface area contributed by atoms with Gasteiger partial charge in [-0.3, -0.25) is 0 Å². The van der Waals surface area contributed by atoms with Crippen LogP contribution in [-0.4, -0.2) is 45.5 Å². The lowest BCUT2D eigenvalue weighted by Crippen LogP contribution is -2.10. The van der Waals surface area contributed by atoms with E-state index in [9.17, 15) is 20.1 Å². The van der Waals surface area contributed by atoms with Crippen molar-refractivity contribution in [2.24, 2.45) is 0 Å². The molecular weight excluding hydrogens is 520 g/mol. The van der Waals surface area contributed by atoms with E-state index in [1.54, 1.807) is 35.0 Å². The zero-order chi connectivity index (χ0) is 27.4. The summed E-state index contributed by atoms with van der Waals surface area (Å²) in [4.78, 5) is 26.9. The van der Waals surface area contributed by atoms with Crippen LogP contribution in [-0.2, 0) is 9.47 Å². The minimum Gasteiger partial charge on any atom is -0.461 e. The largest absolute Gasteiger partial charge is 0.461 e. The van der Waals surface area contributed by atoms with Crippen LogP contribution < -0.4 is 0 Å². The van der Waals surface area contributed by atoms with Crippen molar-refractivity contribution in [2.45, 2.75) is 37.5 Å². The highest BCUT2D eigenvalue weighted by atomic mass is 32.2. The highest BCUT2D eigenvalue weighted by Crippen LogP contribution is 2.37. The van der Waals surface area contributed by atoms with E-state index in [2.05, 4.69) is 12.1 Å². The van der Waals surface area contributed by atoms with E-state index in [1.807, 2.05) is 38.1 Å². The summed E-state index contributed by atoms with van der Waals surface area (Å²) in [6.07, 6.45) is 3.55. The Balaban J connectivity index is 1.67. The van der Waals surface area contributed by atoms with Crippen LogP contribution in [0.1, 0.15) is 57.1 Å². The fraction of sp³-hybridized carbons (Fsp3) is 0.286. The molecule has 0 radical (unpaired) electrons. The molecule has 0 aliphatic heterocycles. The second kappa shape index (κ2) is 11.7. The average Bonchev–Trinajstić information content (AvgIpc) is 3.37. The zero-order valence-electron chi connectivity index (χ0n) is 21.5. The highest BCUT2D eigenvalue weighted by molar-refractivity contribution is 8.03. The molecule has 194 valence electrons. The first-order valence-corrected chi connectivity index (χ1v) is 14.0. The van der Waals surface area contributed by atoms with Crippen LogP contribution in [0.5, 0.6) is 0 Å². The predicted molar refractivity (Wildman–Crippen MR) is 147 cm³/mol. The molecule has 10 heteroatoms. The first kappa shape index (κ1) is 27.2. The normalized spacial score (nSPS) is 10.9. The van der Waals surface area contributed by atoms with E-state index in [-0.39, 0.29) is 13.2 Å². The minimum atomic E-state index is -0.492. The fourth-order valence-corrected chi connectivity index (χ4v) is 6.54. The Kier molecular flexibility index (Phi) is 8.35. The molecule has 4 aromatic heterocycles. The maximum absolute atomic E-state index is 12.9. The first-order chi connectivity index (χ1) is 18.4. The Labute approximate surface area is 229 Å². The van der Waals surface area contributed by atoms with Gasteiger partial charge in [0.15, 0.2) is 0 Å². The van der Waals surface area contributed by atoms with Crippen LogP contribution in [0.4, 0.5) is 0 Å². The van der Waals surface area contributed by atoms with Crippen LogP contribution in [0.3, 0.4) is 0 Å². The van der Waals surface area contributed by atoms with Crippen molar-refractivity contribution in [3.63, 3.8) is 0 Å². The van der Waals surface area contributed by atoms with Crippen LogP contribution in [0, 0.1) is 36.5 Å². The summed E-state index contributed by atoms with van der Waals surface area (Å²) in [5.74, 6) is 0.0433. The molecule has 0 fully saturated rings. The molecule has 0 bridgehead atoms. The van der Waals surface area contributed by atoms with Gasteiger partial charge in [0.05, 0.1) is 45.2 Å². The quantitative estimate of drug-likeness (QED) is 0.147. The lowest BCUT2D eigenvalue weighted by Gasteiger charge is -2.08. The number of thioether (sulfide) groups is 2. The molecule has 4 heterocycles. The van der Waals surface area contributed by atoms with Crippen molar-refractivity contribution in [3.05, 3.63) is 70.3 Å². The Bertz CT molecular complexity index is 1520. The maximum Gasteiger partial charge on any atom is 0.356 e. The van der Waals surface area contributed by atoms with Crippen molar-refractivity contribution in [3.8, 4) is 12.1 Å². The molecule has 4 aromatic rings. The number of pyridine rings is 2. The summed E-state index contributed by atoms with van der Waals surface area (Å²) in [6, 6.07) is 12.0. The Hall–Kier alpha value is -3.86. The van der Waals surface area contributed by atoms with Crippen molar-refractivity contribution in [2.75, 3.05) is 24.7 Å². The first-order valence-electron chi connectivity index (χ1n) is 12.1. The number of rotatable bonds is 9. The molecule has 4 rings (SSSR count). The summed E-state index contributed by atoms with van der Waals surface area (Å²) in [5.41, 5.74) is 4.73. The maximum atomic E-state index is 12.9. The topological polar surface area (TPSA) is 109 Å². The lowest BCUT2D eigenvalue weighted by molar-refractivity contribution is 0.0504. The third kappa shape index (κ3) is 4.98. The van der Waals surface area contributed by atoms with Gasteiger partial charge >= 0.3 is 11.9 Å². The summed E-state index contributed by atoms with van der Waals surface area (Å²) >= 11 is 2.76. The van der Waals surface area contributed by atoms with Crippen LogP contribution in [0.15, 0.2) is 46.5 Å². The van der Waals surface area contributed by atoms with Gasteiger partial charge in [-0.05, 0) is 63.1 Å². The Morgan fingerprint density at radius 3 is 1.53 bits per heavy atom. The fourth-order valence-electron chi connectivity index (χ4n) is 4.24. The third-order valence-corrected chi connectivity index (χ3v) is 8.28. The predicted octanol–water partition coefficient (Wildman–Crippen LogP) is 5.79. The summed E-state index contributed by atoms with van der Waals surface area (Å²) in [6.45, 7) is 7.77. The van der Waals surface area contributed by atoms with Gasteiger partial charge in [0.1, 0.15) is 23.5 Å². The minimum absolute atomic E-state index is 0.217. The summed E-state index contributed by atoms with van der Waals surface area (Å²) in [5, 5.41) is 19.9. The van der Waals surface area contributed by atoms with E-state index in [0.717, 1.165) is 11.1 Å². The second-order valence-corrected chi connectivity index (χ2v) is 10.6. The van der Waals surface area contributed by atoms with Crippen molar-refractivity contribution >= 4 is 46.5 Å². The molecule has 0 aliphatic rings. The summed E-state index contributed by atoms with van der Waals surface area (Å²) in [7, 11) is 0. The van der Waals surface area contributed by atoms with Crippen LogP contribution in [0.25, 0.3) is 11.0 Å². The molecule has 38 heavy (non-hydrogen) atoms. The van der Waals surface area contributed by atoms with E-state index < -0.39 is 11.9 Å². The SMILES string of the molecule is CCOC(=O)c1c(SCCSc2c(C#N)c3cc(C)ccn3c2C(=O)OCC)c(C#N)c2cc(C)ccn12. The number of nitriles is 2. The van der Waals surface area contributed by atoms with Gasteiger partial charge in [0.25, 0.3) is 0 Å². The van der Waals surface area contributed by atoms with Gasteiger partial charge in [-0.25, -0.2) is 9.59 Å². The molecule has 0 unspecified atom stereocenters. The number of carbonyl (C=O) groups is 2. The third-order valence-electron chi connectivity index (χ3n) is 5.84. The molecular formula is C28H26N4O4S2. The molecule has 0 saturated carbocycles. The number of hydrogen-bond donors (Lipinski definition) is 0. The van der Waals surface area contributed by atoms with E-state index in [4.69, 9.17) is 9.47 Å². The van der Waals surface area contributed by atoms with Crippen molar-refractivity contribution < 1.29 is 19.1 Å². The number of esters is 2. The monoisotopic (exact) mass is 546 g/mol. The highest BCUT2D eigenvalue weighted by Gasteiger charge is 2.27. The molecule has 0 aromatic carbocycles. The van der Waals surface area contributed by atoms with Gasteiger partial charge < -0.3 is 18.3 Å². The molecule has 0 amide bonds. The molecule has 0 N–H and O–H groups in total.